The van der Waals surface area contributed by atoms with Crippen LogP contribution in [0.2, 0.25) is 0 Å². The topological polar surface area (TPSA) is 61.4 Å². The van der Waals surface area contributed by atoms with Crippen LogP contribution in [0.5, 0.6) is 0 Å². The Bertz CT molecular complexity index is 1150. The molecule has 0 atom stereocenters. The van der Waals surface area contributed by atoms with Gasteiger partial charge in [0.05, 0.1) is 24.5 Å². The van der Waals surface area contributed by atoms with Gasteiger partial charge in [0.25, 0.3) is 0 Å². The first-order valence-corrected chi connectivity index (χ1v) is 9.81. The molecule has 30 heavy (non-hydrogen) atoms. The predicted molar refractivity (Wildman–Crippen MR) is 116 cm³/mol. The van der Waals surface area contributed by atoms with E-state index in [1.807, 2.05) is 70.3 Å². The number of nitrogens with zero attached hydrogens (tertiary/aromatic N) is 6. The largest absolute Gasteiger partial charge is 0.268 e. The fraction of sp³-hybridized carbons (Fsp3) is 0.0833. The van der Waals surface area contributed by atoms with Gasteiger partial charge in [0, 0.05) is 24.8 Å². The Morgan fingerprint density at radius 3 is 1.53 bits per heavy atom. The number of hydrogen-bond acceptors (Lipinski definition) is 4. The van der Waals surface area contributed by atoms with Crippen molar-refractivity contribution in [2.24, 2.45) is 0 Å². The van der Waals surface area contributed by atoms with E-state index in [2.05, 4.69) is 44.4 Å². The van der Waals surface area contributed by atoms with Gasteiger partial charge < -0.3 is 0 Å². The highest BCUT2D eigenvalue weighted by molar-refractivity contribution is 5.53. The molecule has 0 radical (unpaired) electrons. The Kier molecular flexibility index (Phi) is 4.88. The van der Waals surface area contributed by atoms with Gasteiger partial charge in [0.15, 0.2) is 0 Å². The molecule has 4 heterocycles. The van der Waals surface area contributed by atoms with Gasteiger partial charge in [-0.3, -0.25) is 19.3 Å². The molecule has 0 saturated carbocycles. The first kappa shape index (κ1) is 18.0. The standard InChI is InChI=1S/C24H20N6/c1-3-12-25-21(8-1)23-10-14-29(27-23)17-19-6-5-7-20(16-19)18-30-15-11-24(28-30)22-9-2-4-13-26-22/h1-16H,17-18H2. The molecule has 0 saturated heterocycles. The smallest absolute Gasteiger partial charge is 0.111 e. The number of pyridine rings is 2. The van der Waals surface area contributed by atoms with E-state index >= 15 is 0 Å². The van der Waals surface area contributed by atoms with Crippen LogP contribution in [0.4, 0.5) is 0 Å². The Morgan fingerprint density at radius 2 is 1.07 bits per heavy atom. The second-order valence-electron chi connectivity index (χ2n) is 7.05. The minimum absolute atomic E-state index is 0.707. The lowest BCUT2D eigenvalue weighted by atomic mass is 10.1. The van der Waals surface area contributed by atoms with Gasteiger partial charge >= 0.3 is 0 Å². The van der Waals surface area contributed by atoms with Crippen molar-refractivity contribution in [3.63, 3.8) is 0 Å². The number of benzene rings is 1. The summed E-state index contributed by atoms with van der Waals surface area (Å²) in [5, 5.41) is 9.31. The van der Waals surface area contributed by atoms with E-state index in [-0.39, 0.29) is 0 Å². The molecule has 0 aliphatic heterocycles. The van der Waals surface area contributed by atoms with Crippen LogP contribution in [-0.2, 0) is 13.1 Å². The molecule has 0 bridgehead atoms. The number of rotatable bonds is 6. The van der Waals surface area contributed by atoms with E-state index < -0.39 is 0 Å². The minimum atomic E-state index is 0.707. The summed E-state index contributed by atoms with van der Waals surface area (Å²) in [6.07, 6.45) is 7.55. The summed E-state index contributed by atoms with van der Waals surface area (Å²) in [4.78, 5) is 8.73. The zero-order valence-corrected chi connectivity index (χ0v) is 16.3. The summed E-state index contributed by atoms with van der Waals surface area (Å²) < 4.78 is 3.88. The lowest BCUT2D eigenvalue weighted by molar-refractivity contribution is 0.676. The van der Waals surface area contributed by atoms with Crippen LogP contribution in [-0.4, -0.2) is 29.5 Å². The minimum Gasteiger partial charge on any atom is -0.268 e. The van der Waals surface area contributed by atoms with Crippen LogP contribution >= 0.6 is 0 Å². The van der Waals surface area contributed by atoms with Crippen molar-refractivity contribution in [3.05, 3.63) is 109 Å². The average molecular weight is 392 g/mol. The van der Waals surface area contributed by atoms with Crippen molar-refractivity contribution >= 4 is 0 Å². The maximum atomic E-state index is 4.66. The van der Waals surface area contributed by atoms with Gasteiger partial charge in [0.1, 0.15) is 11.4 Å². The van der Waals surface area contributed by atoms with Crippen LogP contribution < -0.4 is 0 Å². The second-order valence-corrected chi connectivity index (χ2v) is 7.05. The van der Waals surface area contributed by atoms with E-state index in [0.29, 0.717) is 13.1 Å². The maximum absolute atomic E-state index is 4.66. The average Bonchev–Trinajstić information content (AvgIpc) is 3.45. The first-order valence-electron chi connectivity index (χ1n) is 9.81. The fourth-order valence-corrected chi connectivity index (χ4v) is 3.40. The van der Waals surface area contributed by atoms with Gasteiger partial charge in [-0.25, -0.2) is 0 Å². The van der Waals surface area contributed by atoms with E-state index in [1.54, 1.807) is 12.4 Å². The van der Waals surface area contributed by atoms with E-state index in [9.17, 15) is 0 Å². The van der Waals surface area contributed by atoms with Crippen molar-refractivity contribution in [3.8, 4) is 22.8 Å². The third kappa shape index (κ3) is 4.03. The van der Waals surface area contributed by atoms with E-state index in [0.717, 1.165) is 22.8 Å². The highest BCUT2D eigenvalue weighted by Gasteiger charge is 2.06. The SMILES string of the molecule is c1ccc(-c2ccn(Cc3cccc(Cn4ccc(-c5ccccn5)n4)c3)n2)nc1. The monoisotopic (exact) mass is 392 g/mol. The highest BCUT2D eigenvalue weighted by Crippen LogP contribution is 2.16. The van der Waals surface area contributed by atoms with Crippen LogP contribution in [0.1, 0.15) is 11.1 Å². The lowest BCUT2D eigenvalue weighted by Gasteiger charge is -2.06. The molecule has 4 aromatic heterocycles. The van der Waals surface area contributed by atoms with Gasteiger partial charge in [-0.05, 0) is 47.5 Å². The molecule has 0 fully saturated rings. The molecule has 0 amide bonds. The molecular formula is C24H20N6. The van der Waals surface area contributed by atoms with Crippen LogP contribution in [0.25, 0.3) is 22.8 Å². The third-order valence-electron chi connectivity index (χ3n) is 4.82. The van der Waals surface area contributed by atoms with Crippen LogP contribution in [0.15, 0.2) is 97.6 Å². The van der Waals surface area contributed by atoms with E-state index in [4.69, 9.17) is 0 Å². The Labute approximate surface area is 174 Å². The summed E-state index contributed by atoms with van der Waals surface area (Å²) >= 11 is 0. The Balaban J connectivity index is 1.29. The second kappa shape index (κ2) is 8.13. The molecule has 0 unspecified atom stereocenters. The van der Waals surface area contributed by atoms with Gasteiger partial charge in [-0.2, -0.15) is 10.2 Å². The molecule has 0 aliphatic carbocycles. The van der Waals surface area contributed by atoms with Crippen molar-refractivity contribution in [2.75, 3.05) is 0 Å². The van der Waals surface area contributed by atoms with Crippen molar-refractivity contribution < 1.29 is 0 Å². The summed E-state index contributed by atoms with van der Waals surface area (Å²) in [6.45, 7) is 1.41. The molecule has 1 aromatic carbocycles. The normalized spacial score (nSPS) is 10.9. The molecule has 5 aromatic rings. The number of aromatic nitrogens is 6. The zero-order valence-electron chi connectivity index (χ0n) is 16.3. The van der Waals surface area contributed by atoms with Gasteiger partial charge in [-0.15, -0.1) is 0 Å². The van der Waals surface area contributed by atoms with Crippen LogP contribution in [0, 0.1) is 0 Å². The van der Waals surface area contributed by atoms with Crippen LogP contribution in [0.3, 0.4) is 0 Å². The highest BCUT2D eigenvalue weighted by atomic mass is 15.3. The molecular weight excluding hydrogens is 372 g/mol. The molecule has 0 spiro atoms. The lowest BCUT2D eigenvalue weighted by Crippen LogP contribution is -2.04. The van der Waals surface area contributed by atoms with Crippen molar-refractivity contribution in [1.29, 1.82) is 0 Å². The van der Waals surface area contributed by atoms with Gasteiger partial charge in [-0.1, -0.05) is 36.4 Å². The first-order chi connectivity index (χ1) is 14.8. The van der Waals surface area contributed by atoms with Gasteiger partial charge in [0.2, 0.25) is 0 Å². The summed E-state index contributed by atoms with van der Waals surface area (Å²) in [7, 11) is 0. The predicted octanol–water partition coefficient (Wildman–Crippen LogP) is 4.30. The molecule has 6 nitrogen and oxygen atoms in total. The maximum Gasteiger partial charge on any atom is 0.111 e. The Morgan fingerprint density at radius 1 is 0.533 bits per heavy atom. The quantitative estimate of drug-likeness (QED) is 0.432. The Hall–Kier alpha value is -4.06. The third-order valence-corrected chi connectivity index (χ3v) is 4.82. The summed E-state index contributed by atoms with van der Waals surface area (Å²) in [6, 6.07) is 24.2. The van der Waals surface area contributed by atoms with Crippen molar-refractivity contribution in [1.82, 2.24) is 29.5 Å². The number of hydrogen-bond donors (Lipinski definition) is 0. The molecule has 5 rings (SSSR count). The van der Waals surface area contributed by atoms with Crippen molar-refractivity contribution in [2.45, 2.75) is 13.1 Å². The fourth-order valence-electron chi connectivity index (χ4n) is 3.40. The summed E-state index contributed by atoms with van der Waals surface area (Å²) in [5.74, 6) is 0. The molecule has 6 heteroatoms. The molecule has 0 N–H and O–H groups in total. The zero-order chi connectivity index (χ0) is 20.2. The molecule has 0 aliphatic rings. The van der Waals surface area contributed by atoms with E-state index in [1.165, 1.54) is 11.1 Å². The molecule has 146 valence electrons. The summed E-state index contributed by atoms with van der Waals surface area (Å²) in [5.41, 5.74) is 5.91.